The van der Waals surface area contributed by atoms with E-state index >= 15 is 0 Å². The van der Waals surface area contributed by atoms with E-state index in [2.05, 4.69) is 50.3 Å². The summed E-state index contributed by atoms with van der Waals surface area (Å²) in [4.78, 5) is 37.8. The minimum absolute atomic E-state index is 0.0302. The first kappa shape index (κ1) is 68.2. The molecule has 0 radical (unpaired) electrons. The van der Waals surface area contributed by atoms with Gasteiger partial charge in [-0.1, -0.05) is 237 Å². The summed E-state index contributed by atoms with van der Waals surface area (Å²) in [5.74, 6) is -0.832. The molecule has 0 saturated carbocycles. The fourth-order valence-corrected chi connectivity index (χ4v) is 9.24. The molecule has 2 unspecified atom stereocenters. The van der Waals surface area contributed by atoms with Crippen molar-refractivity contribution in [2.75, 3.05) is 47.5 Å². The molecule has 0 aromatic heterocycles. The number of likely N-dealkylation sites (N-methyl/N-ethyl adjacent to an activating group) is 1. The Labute approximate surface area is 433 Å². The Morgan fingerprint density at radius 3 is 1.16 bits per heavy atom. The summed E-state index contributed by atoms with van der Waals surface area (Å²) in [6, 6.07) is 0. The molecule has 0 amide bonds. The van der Waals surface area contributed by atoms with Gasteiger partial charge < -0.3 is 27.9 Å². The van der Waals surface area contributed by atoms with Gasteiger partial charge >= 0.3 is 11.9 Å². The number of rotatable bonds is 55. The van der Waals surface area contributed by atoms with Crippen LogP contribution in [0.1, 0.15) is 284 Å². The fraction of sp³-hybridized carbons (Fsp3) is 0.867. The Kier molecular flexibility index (Phi) is 50.8. The smallest absolute Gasteiger partial charge is 0.306 e. The van der Waals surface area contributed by atoms with Crippen LogP contribution >= 0.6 is 7.82 Å². The molecule has 0 aliphatic rings. The summed E-state index contributed by atoms with van der Waals surface area (Å²) in [5.41, 5.74) is 0. The number of hydrogen-bond donors (Lipinski definition) is 0. The Hall–Kier alpha value is -1.77. The van der Waals surface area contributed by atoms with Crippen molar-refractivity contribution in [3.8, 4) is 0 Å². The first-order valence-electron chi connectivity index (χ1n) is 29.7. The highest BCUT2D eigenvalue weighted by molar-refractivity contribution is 7.45. The van der Waals surface area contributed by atoms with Crippen LogP contribution < -0.4 is 4.89 Å². The number of esters is 2. The number of phosphoric acid groups is 1. The van der Waals surface area contributed by atoms with Gasteiger partial charge in [-0.3, -0.25) is 14.2 Å². The Balaban J connectivity index is 3.98. The van der Waals surface area contributed by atoms with Crippen LogP contribution in [0.4, 0.5) is 0 Å². The SMILES string of the molecule is CCCCCC/C=C\CCCCCCCC(=O)OCC(COP(=O)([O-])OCC[N+](C)(C)C)OC(=O)CCCCCCCCCCCCCCCCCCCCCCC/C=C\C/C=C\CCCCCCC. The molecule has 0 aromatic rings. The minimum Gasteiger partial charge on any atom is -0.756 e. The zero-order valence-electron chi connectivity index (χ0n) is 46.7. The topological polar surface area (TPSA) is 111 Å². The zero-order chi connectivity index (χ0) is 51.3. The predicted molar refractivity (Wildman–Crippen MR) is 296 cm³/mol. The van der Waals surface area contributed by atoms with E-state index in [-0.39, 0.29) is 32.0 Å². The number of unbranched alkanes of at least 4 members (excludes halogenated alkanes) is 35. The summed E-state index contributed by atoms with van der Waals surface area (Å²) in [7, 11) is 1.17. The molecule has 0 aromatic carbocycles. The third kappa shape index (κ3) is 55.5. The number of allylic oxidation sites excluding steroid dienone is 6. The minimum atomic E-state index is -4.63. The normalized spacial score (nSPS) is 13.5. The van der Waals surface area contributed by atoms with Crippen molar-refractivity contribution < 1.29 is 42.1 Å². The molecule has 0 saturated heterocycles. The molecule has 0 rings (SSSR count). The second-order valence-electron chi connectivity index (χ2n) is 21.4. The van der Waals surface area contributed by atoms with Crippen LogP contribution in [0.25, 0.3) is 0 Å². The Morgan fingerprint density at radius 1 is 0.443 bits per heavy atom. The summed E-state index contributed by atoms with van der Waals surface area (Å²) >= 11 is 0. The highest BCUT2D eigenvalue weighted by Crippen LogP contribution is 2.38. The van der Waals surface area contributed by atoms with Crippen LogP contribution in [0.5, 0.6) is 0 Å². The molecule has 70 heavy (non-hydrogen) atoms. The number of hydrogen-bond acceptors (Lipinski definition) is 8. The van der Waals surface area contributed by atoms with E-state index in [0.29, 0.717) is 17.4 Å². The van der Waals surface area contributed by atoms with E-state index in [1.807, 2.05) is 21.1 Å². The van der Waals surface area contributed by atoms with Gasteiger partial charge in [0.25, 0.3) is 7.82 Å². The van der Waals surface area contributed by atoms with Crippen molar-refractivity contribution in [2.45, 2.75) is 290 Å². The van der Waals surface area contributed by atoms with Gasteiger partial charge in [0.1, 0.15) is 19.8 Å². The molecule has 9 nitrogen and oxygen atoms in total. The number of carbonyl (C=O) groups is 2. The van der Waals surface area contributed by atoms with Crippen LogP contribution in [-0.2, 0) is 32.7 Å². The number of phosphoric ester groups is 1. The van der Waals surface area contributed by atoms with Gasteiger partial charge in [-0.05, 0) is 70.6 Å². The molecule has 0 aliphatic carbocycles. The van der Waals surface area contributed by atoms with Gasteiger partial charge in [0.2, 0.25) is 0 Å². The lowest BCUT2D eigenvalue weighted by Crippen LogP contribution is -2.37. The maximum absolute atomic E-state index is 12.8. The molecule has 0 bridgehead atoms. The van der Waals surface area contributed by atoms with E-state index in [1.54, 1.807) is 0 Å². The summed E-state index contributed by atoms with van der Waals surface area (Å²) in [6.07, 6.45) is 63.5. The van der Waals surface area contributed by atoms with Crippen molar-refractivity contribution in [3.63, 3.8) is 0 Å². The Morgan fingerprint density at radius 2 is 0.771 bits per heavy atom. The maximum Gasteiger partial charge on any atom is 0.306 e. The summed E-state index contributed by atoms with van der Waals surface area (Å²) in [6.45, 7) is 4.23. The van der Waals surface area contributed by atoms with E-state index in [1.165, 1.54) is 193 Å². The molecular formula is C60H114NO8P. The van der Waals surface area contributed by atoms with E-state index in [4.69, 9.17) is 18.5 Å². The van der Waals surface area contributed by atoms with Crippen molar-refractivity contribution in [1.29, 1.82) is 0 Å². The van der Waals surface area contributed by atoms with Gasteiger partial charge in [-0.15, -0.1) is 0 Å². The quantitative estimate of drug-likeness (QED) is 0.0195. The fourth-order valence-electron chi connectivity index (χ4n) is 8.51. The van der Waals surface area contributed by atoms with Crippen molar-refractivity contribution in [2.24, 2.45) is 0 Å². The first-order valence-corrected chi connectivity index (χ1v) is 31.2. The monoisotopic (exact) mass is 1010 g/mol. The van der Waals surface area contributed by atoms with Gasteiger partial charge in [-0.2, -0.15) is 0 Å². The van der Waals surface area contributed by atoms with Crippen molar-refractivity contribution in [1.82, 2.24) is 0 Å². The molecule has 0 aliphatic heterocycles. The largest absolute Gasteiger partial charge is 0.756 e. The van der Waals surface area contributed by atoms with Gasteiger partial charge in [0, 0.05) is 12.8 Å². The average molecular weight is 1010 g/mol. The summed E-state index contributed by atoms with van der Waals surface area (Å²) in [5, 5.41) is 0. The number of ether oxygens (including phenoxy) is 2. The summed E-state index contributed by atoms with van der Waals surface area (Å²) < 4.78 is 34.1. The predicted octanol–water partition coefficient (Wildman–Crippen LogP) is 17.7. The van der Waals surface area contributed by atoms with Crippen LogP contribution in [0.2, 0.25) is 0 Å². The van der Waals surface area contributed by atoms with Gasteiger partial charge in [-0.25, -0.2) is 0 Å². The van der Waals surface area contributed by atoms with Crippen molar-refractivity contribution >= 4 is 19.8 Å². The van der Waals surface area contributed by atoms with E-state index in [9.17, 15) is 19.0 Å². The number of quaternary nitrogens is 1. The molecule has 0 fully saturated rings. The highest BCUT2D eigenvalue weighted by atomic mass is 31.2. The molecule has 2 atom stereocenters. The lowest BCUT2D eigenvalue weighted by Gasteiger charge is -2.28. The molecule has 0 N–H and O–H groups in total. The molecule has 0 heterocycles. The van der Waals surface area contributed by atoms with Crippen LogP contribution in [0, 0.1) is 0 Å². The molecule has 412 valence electrons. The molecule has 0 spiro atoms. The second-order valence-corrected chi connectivity index (χ2v) is 22.8. The third-order valence-corrected chi connectivity index (χ3v) is 14.1. The van der Waals surface area contributed by atoms with Crippen LogP contribution in [0.15, 0.2) is 36.5 Å². The van der Waals surface area contributed by atoms with Crippen LogP contribution in [-0.4, -0.2) is 70.0 Å². The highest BCUT2D eigenvalue weighted by Gasteiger charge is 2.22. The second kappa shape index (κ2) is 52.1. The lowest BCUT2D eigenvalue weighted by molar-refractivity contribution is -0.870. The third-order valence-electron chi connectivity index (χ3n) is 13.1. The van der Waals surface area contributed by atoms with E-state index in [0.717, 1.165) is 57.8 Å². The Bertz CT molecular complexity index is 1280. The molecular weight excluding hydrogens is 894 g/mol. The standard InChI is InChI=1S/C60H114NO8P/c1-6-8-10-12-14-16-18-20-21-22-23-24-25-26-27-28-29-30-31-32-33-34-35-36-37-38-39-41-43-45-47-49-51-53-60(63)69-58(57-68-70(64,65)67-55-54-61(3,4)5)56-66-59(62)52-50-48-46-44-42-40-19-17-15-13-11-9-7-2/h17-20,22-23,58H,6-16,21,24-57H2,1-5H3/b19-17-,20-18-,23-22-. The van der Waals surface area contributed by atoms with Crippen molar-refractivity contribution in [3.05, 3.63) is 36.5 Å². The van der Waals surface area contributed by atoms with Crippen LogP contribution in [0.3, 0.4) is 0 Å². The van der Waals surface area contributed by atoms with E-state index < -0.39 is 26.5 Å². The zero-order valence-corrected chi connectivity index (χ0v) is 47.6. The first-order chi connectivity index (χ1) is 34.0. The van der Waals surface area contributed by atoms with Gasteiger partial charge in [0.15, 0.2) is 6.10 Å². The number of nitrogens with zero attached hydrogens (tertiary/aromatic N) is 1. The molecule has 10 heteroatoms. The van der Waals surface area contributed by atoms with Gasteiger partial charge in [0.05, 0.1) is 27.7 Å². The lowest BCUT2D eigenvalue weighted by atomic mass is 10.0. The maximum atomic E-state index is 12.8. The number of carbonyl (C=O) groups excluding carboxylic acids is 2. The average Bonchev–Trinajstić information content (AvgIpc) is 3.32.